The Morgan fingerprint density at radius 2 is 1.77 bits per heavy atom. The van der Waals surface area contributed by atoms with Gasteiger partial charge in [0.05, 0.1) is 12.2 Å². The smallest absolute Gasteiger partial charge is 0.251 e. The topological polar surface area (TPSA) is 67.4 Å². The third kappa shape index (κ3) is 4.62. The minimum atomic E-state index is -0.0915. The molecular weight excluding hydrogens is 280 g/mol. The molecule has 0 aliphatic carbocycles. The zero-order chi connectivity index (χ0) is 15.8. The molecule has 0 spiro atoms. The highest BCUT2D eigenvalue weighted by Gasteiger charge is 2.17. The van der Waals surface area contributed by atoms with Crippen molar-refractivity contribution in [2.24, 2.45) is 0 Å². The van der Waals surface area contributed by atoms with Crippen LogP contribution in [-0.2, 0) is 9.53 Å². The molecule has 0 unspecified atom stereocenters. The number of carbonyl (C=O) groups excluding carboxylic acids is 2. The quantitative estimate of drug-likeness (QED) is 0.790. The zero-order valence-electron chi connectivity index (χ0n) is 12.9. The van der Waals surface area contributed by atoms with Crippen molar-refractivity contribution in [1.29, 1.82) is 0 Å². The van der Waals surface area contributed by atoms with Gasteiger partial charge in [0, 0.05) is 18.7 Å². The summed E-state index contributed by atoms with van der Waals surface area (Å²) in [5, 5.41) is 5.70. The molecular formula is C17H22N2O3. The van der Waals surface area contributed by atoms with Gasteiger partial charge in [-0.05, 0) is 38.3 Å². The molecule has 0 saturated carbocycles. The van der Waals surface area contributed by atoms with E-state index in [-0.39, 0.29) is 11.8 Å². The molecule has 0 bridgehead atoms. The van der Waals surface area contributed by atoms with E-state index in [2.05, 4.69) is 10.6 Å². The van der Waals surface area contributed by atoms with Crippen molar-refractivity contribution in [1.82, 2.24) is 10.6 Å². The van der Waals surface area contributed by atoms with Crippen LogP contribution in [0.15, 0.2) is 41.7 Å². The van der Waals surface area contributed by atoms with Gasteiger partial charge in [0.1, 0.15) is 5.76 Å². The first-order valence-electron chi connectivity index (χ1n) is 7.62. The zero-order valence-corrected chi connectivity index (χ0v) is 12.9. The van der Waals surface area contributed by atoms with Crippen LogP contribution in [0.5, 0.6) is 0 Å². The van der Waals surface area contributed by atoms with Crippen LogP contribution in [0.2, 0.25) is 0 Å². The van der Waals surface area contributed by atoms with E-state index in [1.165, 1.54) is 0 Å². The Kier molecular flexibility index (Phi) is 6.01. The van der Waals surface area contributed by atoms with Gasteiger partial charge in [-0.3, -0.25) is 9.59 Å². The van der Waals surface area contributed by atoms with Gasteiger partial charge in [0.25, 0.3) is 11.8 Å². The highest BCUT2D eigenvalue weighted by atomic mass is 16.5. The lowest BCUT2D eigenvalue weighted by molar-refractivity contribution is -0.118. The van der Waals surface area contributed by atoms with E-state index < -0.39 is 0 Å². The van der Waals surface area contributed by atoms with Gasteiger partial charge >= 0.3 is 0 Å². The van der Waals surface area contributed by atoms with Gasteiger partial charge in [-0.2, -0.15) is 0 Å². The average Bonchev–Trinajstić information content (AvgIpc) is 2.55. The van der Waals surface area contributed by atoms with Crippen molar-refractivity contribution in [2.45, 2.75) is 26.2 Å². The molecule has 22 heavy (non-hydrogen) atoms. The van der Waals surface area contributed by atoms with Crippen molar-refractivity contribution in [3.63, 3.8) is 0 Å². The van der Waals surface area contributed by atoms with E-state index >= 15 is 0 Å². The second-order valence-electron chi connectivity index (χ2n) is 5.22. The number of amides is 2. The molecule has 1 aliphatic rings. The van der Waals surface area contributed by atoms with Gasteiger partial charge in [-0.25, -0.2) is 0 Å². The van der Waals surface area contributed by atoms with Crippen LogP contribution in [-0.4, -0.2) is 31.5 Å². The predicted molar refractivity (Wildman–Crippen MR) is 84.3 cm³/mol. The lowest BCUT2D eigenvalue weighted by atomic mass is 10.1. The highest BCUT2D eigenvalue weighted by Crippen LogP contribution is 2.18. The Morgan fingerprint density at radius 3 is 2.45 bits per heavy atom. The van der Waals surface area contributed by atoms with E-state index in [1.807, 2.05) is 25.1 Å². The van der Waals surface area contributed by atoms with Crippen molar-refractivity contribution in [2.75, 3.05) is 19.7 Å². The van der Waals surface area contributed by atoms with Crippen molar-refractivity contribution in [3.05, 3.63) is 47.2 Å². The Morgan fingerprint density at radius 1 is 1.09 bits per heavy atom. The lowest BCUT2D eigenvalue weighted by Crippen LogP contribution is -2.31. The van der Waals surface area contributed by atoms with Crippen LogP contribution in [0.3, 0.4) is 0 Å². The molecule has 1 heterocycles. The molecule has 118 valence electrons. The Balaban J connectivity index is 1.65. The SMILES string of the molecule is CC1=C(C(=O)NCCCNC(=O)c2ccccc2)CCCO1. The van der Waals surface area contributed by atoms with E-state index in [4.69, 9.17) is 4.74 Å². The minimum Gasteiger partial charge on any atom is -0.498 e. The van der Waals surface area contributed by atoms with Gasteiger partial charge in [-0.1, -0.05) is 18.2 Å². The summed E-state index contributed by atoms with van der Waals surface area (Å²) in [6.45, 7) is 3.58. The third-order valence-electron chi connectivity index (χ3n) is 3.55. The van der Waals surface area contributed by atoms with E-state index in [0.29, 0.717) is 31.7 Å². The Labute approximate surface area is 130 Å². The van der Waals surface area contributed by atoms with E-state index in [1.54, 1.807) is 12.1 Å². The Hall–Kier alpha value is -2.30. The molecule has 2 amide bonds. The fraction of sp³-hybridized carbons (Fsp3) is 0.412. The molecule has 0 saturated heterocycles. The monoisotopic (exact) mass is 302 g/mol. The number of nitrogens with one attached hydrogen (secondary N) is 2. The summed E-state index contributed by atoms with van der Waals surface area (Å²) in [6, 6.07) is 9.08. The maximum absolute atomic E-state index is 12.0. The van der Waals surface area contributed by atoms with Gasteiger partial charge in [0.2, 0.25) is 0 Å². The molecule has 0 aromatic heterocycles. The number of ether oxygens (including phenoxy) is 1. The van der Waals surface area contributed by atoms with Crippen molar-refractivity contribution < 1.29 is 14.3 Å². The first-order chi connectivity index (χ1) is 10.7. The molecule has 2 N–H and O–H groups in total. The molecule has 5 nitrogen and oxygen atoms in total. The minimum absolute atomic E-state index is 0.0633. The van der Waals surface area contributed by atoms with Crippen LogP contribution in [0.4, 0.5) is 0 Å². The number of rotatable bonds is 6. The maximum atomic E-state index is 12.0. The largest absolute Gasteiger partial charge is 0.498 e. The Bertz CT molecular complexity index is 552. The van der Waals surface area contributed by atoms with Crippen LogP contribution >= 0.6 is 0 Å². The van der Waals surface area contributed by atoms with Crippen LogP contribution in [0.25, 0.3) is 0 Å². The van der Waals surface area contributed by atoms with Gasteiger partial charge in [-0.15, -0.1) is 0 Å². The molecule has 1 aromatic carbocycles. The highest BCUT2D eigenvalue weighted by molar-refractivity contribution is 5.94. The number of carbonyl (C=O) groups is 2. The predicted octanol–water partition coefficient (Wildman–Crippen LogP) is 2.01. The molecule has 0 atom stereocenters. The number of benzene rings is 1. The van der Waals surface area contributed by atoms with Crippen LogP contribution in [0, 0.1) is 0 Å². The second-order valence-corrected chi connectivity index (χ2v) is 5.22. The van der Waals surface area contributed by atoms with Crippen molar-refractivity contribution >= 4 is 11.8 Å². The van der Waals surface area contributed by atoms with Crippen molar-refractivity contribution in [3.8, 4) is 0 Å². The standard InChI is InChI=1S/C17H22N2O3/c1-13-15(9-5-12-22-13)17(21)19-11-6-10-18-16(20)14-7-3-2-4-8-14/h2-4,7-8H,5-6,9-12H2,1H3,(H,18,20)(H,19,21). The summed E-state index contributed by atoms with van der Waals surface area (Å²) >= 11 is 0. The summed E-state index contributed by atoms with van der Waals surface area (Å²) in [7, 11) is 0. The van der Waals surface area contributed by atoms with Gasteiger partial charge < -0.3 is 15.4 Å². The summed E-state index contributed by atoms with van der Waals surface area (Å²) in [6.07, 6.45) is 2.34. The normalized spacial score (nSPS) is 14.2. The first-order valence-corrected chi connectivity index (χ1v) is 7.62. The average molecular weight is 302 g/mol. The number of hydrogen-bond acceptors (Lipinski definition) is 3. The van der Waals surface area contributed by atoms with Gasteiger partial charge in [0.15, 0.2) is 0 Å². The summed E-state index contributed by atoms with van der Waals surface area (Å²) < 4.78 is 5.38. The number of allylic oxidation sites excluding steroid dienone is 1. The lowest BCUT2D eigenvalue weighted by Gasteiger charge is -2.18. The second kappa shape index (κ2) is 8.22. The molecule has 0 fully saturated rings. The summed E-state index contributed by atoms with van der Waals surface area (Å²) in [4.78, 5) is 23.8. The molecule has 1 aromatic rings. The molecule has 0 radical (unpaired) electrons. The molecule has 1 aliphatic heterocycles. The number of hydrogen-bond donors (Lipinski definition) is 2. The molecule has 5 heteroatoms. The van der Waals surface area contributed by atoms with E-state index in [0.717, 1.165) is 24.2 Å². The summed E-state index contributed by atoms with van der Waals surface area (Å²) in [5.74, 6) is 0.568. The maximum Gasteiger partial charge on any atom is 0.251 e. The fourth-order valence-corrected chi connectivity index (χ4v) is 2.30. The van der Waals surface area contributed by atoms with Crippen LogP contribution in [0.1, 0.15) is 36.5 Å². The van der Waals surface area contributed by atoms with Crippen LogP contribution < -0.4 is 10.6 Å². The summed E-state index contributed by atoms with van der Waals surface area (Å²) in [5.41, 5.74) is 1.38. The fourth-order valence-electron chi connectivity index (χ4n) is 2.30. The third-order valence-corrected chi connectivity index (χ3v) is 3.55. The first kappa shape index (κ1) is 16.1. The molecule has 2 rings (SSSR count). The van der Waals surface area contributed by atoms with E-state index in [9.17, 15) is 9.59 Å².